The molecule has 136 valence electrons. The van der Waals surface area contributed by atoms with Crippen LogP contribution in [0.2, 0.25) is 0 Å². The number of carbonyl (C=O) groups is 2. The molecule has 0 saturated heterocycles. The van der Waals surface area contributed by atoms with E-state index in [0.29, 0.717) is 22.6 Å². The number of hydrogen-bond donors (Lipinski definition) is 1. The molecular weight excluding hydrogens is 342 g/mol. The summed E-state index contributed by atoms with van der Waals surface area (Å²) < 4.78 is 4.79. The molecule has 1 N–H and O–H groups in total. The van der Waals surface area contributed by atoms with Gasteiger partial charge in [-0.2, -0.15) is 0 Å². The van der Waals surface area contributed by atoms with E-state index in [9.17, 15) is 9.59 Å². The summed E-state index contributed by atoms with van der Waals surface area (Å²) in [6, 6.07) is 19.8. The lowest BCUT2D eigenvalue weighted by Gasteiger charge is -2.17. The van der Waals surface area contributed by atoms with Crippen molar-refractivity contribution in [2.45, 2.75) is 0 Å². The number of benzene rings is 2. The first-order chi connectivity index (χ1) is 13.1. The number of rotatable bonds is 5. The number of carbonyl (C=O) groups excluding carboxylic acids is 2. The van der Waals surface area contributed by atoms with Crippen molar-refractivity contribution in [2.24, 2.45) is 0 Å². The fourth-order valence-corrected chi connectivity index (χ4v) is 2.57. The van der Waals surface area contributed by atoms with Crippen LogP contribution in [0.3, 0.4) is 0 Å². The van der Waals surface area contributed by atoms with Gasteiger partial charge < -0.3 is 15.0 Å². The summed E-state index contributed by atoms with van der Waals surface area (Å²) in [5.41, 5.74) is 2.80. The van der Waals surface area contributed by atoms with E-state index in [1.807, 2.05) is 36.4 Å². The van der Waals surface area contributed by atoms with Crippen molar-refractivity contribution in [1.29, 1.82) is 0 Å². The third kappa shape index (κ3) is 4.12. The van der Waals surface area contributed by atoms with Crippen LogP contribution in [0.4, 0.5) is 17.1 Å². The van der Waals surface area contributed by atoms with Crippen LogP contribution in [0.25, 0.3) is 0 Å². The second-order valence-electron chi connectivity index (χ2n) is 5.79. The van der Waals surface area contributed by atoms with Crippen molar-refractivity contribution in [2.75, 3.05) is 24.4 Å². The maximum Gasteiger partial charge on any atom is 0.339 e. The Labute approximate surface area is 157 Å². The van der Waals surface area contributed by atoms with Crippen LogP contribution in [0.15, 0.2) is 72.9 Å². The summed E-state index contributed by atoms with van der Waals surface area (Å²) in [7, 11) is 3.04. The van der Waals surface area contributed by atoms with Gasteiger partial charge in [-0.25, -0.2) is 9.78 Å². The smallest absolute Gasteiger partial charge is 0.339 e. The number of nitrogens with one attached hydrogen (secondary N) is 1. The van der Waals surface area contributed by atoms with Gasteiger partial charge in [-0.15, -0.1) is 0 Å². The minimum atomic E-state index is -0.428. The molecule has 2 aromatic carbocycles. The number of esters is 1. The van der Waals surface area contributed by atoms with Crippen LogP contribution >= 0.6 is 0 Å². The second-order valence-corrected chi connectivity index (χ2v) is 5.79. The van der Waals surface area contributed by atoms with E-state index in [-0.39, 0.29) is 5.91 Å². The molecule has 0 radical (unpaired) electrons. The minimum Gasteiger partial charge on any atom is -0.465 e. The maximum atomic E-state index is 12.6. The lowest BCUT2D eigenvalue weighted by atomic mass is 10.1. The van der Waals surface area contributed by atoms with E-state index in [2.05, 4.69) is 10.3 Å². The van der Waals surface area contributed by atoms with Gasteiger partial charge in [0.05, 0.1) is 30.2 Å². The molecule has 1 heterocycles. The number of ether oxygens (including phenoxy) is 1. The van der Waals surface area contributed by atoms with Gasteiger partial charge in [-0.3, -0.25) is 4.79 Å². The Morgan fingerprint density at radius 2 is 1.67 bits per heavy atom. The largest absolute Gasteiger partial charge is 0.465 e. The molecule has 1 amide bonds. The normalized spacial score (nSPS) is 10.1. The number of methoxy groups -OCH3 is 1. The van der Waals surface area contributed by atoms with E-state index < -0.39 is 5.97 Å². The number of aromatic nitrogens is 1. The average molecular weight is 361 g/mol. The zero-order chi connectivity index (χ0) is 19.2. The molecule has 0 bridgehead atoms. The van der Waals surface area contributed by atoms with Crippen LogP contribution in [-0.4, -0.2) is 31.0 Å². The molecule has 3 aromatic rings. The van der Waals surface area contributed by atoms with Gasteiger partial charge in [0.25, 0.3) is 5.91 Å². The van der Waals surface area contributed by atoms with Gasteiger partial charge in [0, 0.05) is 12.7 Å². The summed E-state index contributed by atoms with van der Waals surface area (Å²) in [4.78, 5) is 30.2. The van der Waals surface area contributed by atoms with Crippen molar-refractivity contribution in [3.05, 3.63) is 84.2 Å². The SMILES string of the molecule is COC(=O)c1ccccc1Nc1ccc(C(=O)N(C)c2ccccc2)nc1. The van der Waals surface area contributed by atoms with E-state index >= 15 is 0 Å². The van der Waals surface area contributed by atoms with Gasteiger partial charge >= 0.3 is 5.97 Å². The van der Waals surface area contributed by atoms with Crippen LogP contribution in [0.1, 0.15) is 20.8 Å². The van der Waals surface area contributed by atoms with Crippen LogP contribution in [0, 0.1) is 0 Å². The molecule has 0 saturated carbocycles. The molecule has 0 unspecified atom stereocenters. The molecular formula is C21H19N3O3. The Balaban J connectivity index is 1.77. The minimum absolute atomic E-state index is 0.206. The van der Waals surface area contributed by atoms with Crippen LogP contribution < -0.4 is 10.2 Å². The number of amides is 1. The molecule has 27 heavy (non-hydrogen) atoms. The summed E-state index contributed by atoms with van der Waals surface area (Å²) in [6.45, 7) is 0. The summed E-state index contributed by atoms with van der Waals surface area (Å²) in [5.74, 6) is -0.634. The first-order valence-electron chi connectivity index (χ1n) is 8.33. The molecule has 6 nitrogen and oxygen atoms in total. The van der Waals surface area contributed by atoms with Crippen molar-refractivity contribution >= 4 is 28.9 Å². The number of nitrogens with zero attached hydrogens (tertiary/aromatic N) is 2. The number of para-hydroxylation sites is 2. The number of anilines is 3. The first-order valence-corrected chi connectivity index (χ1v) is 8.33. The Morgan fingerprint density at radius 3 is 2.33 bits per heavy atom. The Bertz CT molecular complexity index is 940. The highest BCUT2D eigenvalue weighted by Gasteiger charge is 2.15. The summed E-state index contributed by atoms with van der Waals surface area (Å²) >= 11 is 0. The third-order valence-electron chi connectivity index (χ3n) is 4.04. The molecule has 1 aromatic heterocycles. The Hall–Kier alpha value is -3.67. The quantitative estimate of drug-likeness (QED) is 0.698. The predicted molar refractivity (Wildman–Crippen MR) is 104 cm³/mol. The van der Waals surface area contributed by atoms with Crippen molar-refractivity contribution in [3.63, 3.8) is 0 Å². The van der Waals surface area contributed by atoms with Gasteiger partial charge in [-0.1, -0.05) is 30.3 Å². The average Bonchev–Trinajstić information content (AvgIpc) is 2.73. The zero-order valence-electron chi connectivity index (χ0n) is 15.0. The molecule has 6 heteroatoms. The van der Waals surface area contributed by atoms with Crippen molar-refractivity contribution in [3.8, 4) is 0 Å². The van der Waals surface area contributed by atoms with Crippen LogP contribution in [0.5, 0.6) is 0 Å². The van der Waals surface area contributed by atoms with E-state index in [0.717, 1.165) is 5.69 Å². The van der Waals surface area contributed by atoms with E-state index in [1.165, 1.54) is 7.11 Å². The van der Waals surface area contributed by atoms with Gasteiger partial charge in [0.2, 0.25) is 0 Å². The second kappa shape index (κ2) is 8.14. The van der Waals surface area contributed by atoms with E-state index in [4.69, 9.17) is 4.74 Å². The summed E-state index contributed by atoms with van der Waals surface area (Å²) in [6.07, 6.45) is 1.56. The van der Waals surface area contributed by atoms with Crippen molar-refractivity contribution < 1.29 is 14.3 Å². The third-order valence-corrected chi connectivity index (χ3v) is 4.04. The number of hydrogen-bond acceptors (Lipinski definition) is 5. The number of pyridine rings is 1. The highest BCUT2D eigenvalue weighted by Crippen LogP contribution is 2.22. The van der Waals surface area contributed by atoms with Crippen molar-refractivity contribution in [1.82, 2.24) is 4.98 Å². The lowest BCUT2D eigenvalue weighted by Crippen LogP contribution is -2.26. The Morgan fingerprint density at radius 1 is 0.963 bits per heavy atom. The molecule has 3 rings (SSSR count). The molecule has 0 fully saturated rings. The lowest BCUT2D eigenvalue weighted by molar-refractivity contribution is 0.0601. The van der Waals surface area contributed by atoms with Crippen LogP contribution in [-0.2, 0) is 4.74 Å². The molecule has 0 aliphatic heterocycles. The molecule has 0 spiro atoms. The highest BCUT2D eigenvalue weighted by atomic mass is 16.5. The molecule has 0 aliphatic rings. The summed E-state index contributed by atoms with van der Waals surface area (Å²) in [5, 5.41) is 3.13. The van der Waals surface area contributed by atoms with E-state index in [1.54, 1.807) is 48.5 Å². The first kappa shape index (κ1) is 18.1. The standard InChI is InChI=1S/C21H19N3O3/c1-24(16-8-4-3-5-9-16)20(25)19-13-12-15(14-22-19)23-18-11-7-6-10-17(18)21(26)27-2/h3-14,23H,1-2H3. The fraction of sp³-hybridized carbons (Fsp3) is 0.0952. The Kier molecular flexibility index (Phi) is 5.47. The topological polar surface area (TPSA) is 71.5 Å². The zero-order valence-corrected chi connectivity index (χ0v) is 15.0. The van der Waals surface area contributed by atoms with Gasteiger partial charge in [0.15, 0.2) is 0 Å². The van der Waals surface area contributed by atoms with Gasteiger partial charge in [-0.05, 0) is 36.4 Å². The predicted octanol–water partition coefficient (Wildman–Crippen LogP) is 3.89. The molecule has 0 atom stereocenters. The molecule has 0 aliphatic carbocycles. The van der Waals surface area contributed by atoms with Gasteiger partial charge in [0.1, 0.15) is 5.69 Å². The maximum absolute atomic E-state index is 12.6. The monoisotopic (exact) mass is 361 g/mol. The highest BCUT2D eigenvalue weighted by molar-refractivity contribution is 6.04. The fourth-order valence-electron chi connectivity index (χ4n) is 2.57.